The second-order valence-corrected chi connectivity index (χ2v) is 6.16. The van der Waals surface area contributed by atoms with E-state index in [2.05, 4.69) is 49.2 Å². The maximum absolute atomic E-state index is 5.47. The van der Waals surface area contributed by atoms with Crippen LogP contribution in [0.1, 0.15) is 45.1 Å². The Morgan fingerprint density at radius 2 is 1.90 bits per heavy atom. The molecule has 0 bridgehead atoms. The minimum absolute atomic E-state index is 0.563. The second-order valence-electron chi connectivity index (χ2n) is 6.16. The Morgan fingerprint density at radius 1 is 1.24 bits per heavy atom. The summed E-state index contributed by atoms with van der Waals surface area (Å²) < 4.78 is 5.47. The van der Waals surface area contributed by atoms with Gasteiger partial charge in [0, 0.05) is 18.6 Å². The maximum atomic E-state index is 5.47. The van der Waals surface area contributed by atoms with Gasteiger partial charge in [-0.3, -0.25) is 0 Å². The lowest BCUT2D eigenvalue weighted by molar-refractivity contribution is 0.219. The predicted octanol–water partition coefficient (Wildman–Crippen LogP) is 3.26. The van der Waals surface area contributed by atoms with Crippen LogP contribution < -0.4 is 10.1 Å². The van der Waals surface area contributed by atoms with E-state index < -0.39 is 0 Å². The van der Waals surface area contributed by atoms with E-state index in [0.717, 1.165) is 25.4 Å². The van der Waals surface area contributed by atoms with Gasteiger partial charge in [-0.25, -0.2) is 0 Å². The molecule has 1 N–H and O–H groups in total. The van der Waals surface area contributed by atoms with Gasteiger partial charge in [-0.2, -0.15) is 0 Å². The van der Waals surface area contributed by atoms with Crippen molar-refractivity contribution in [3.05, 3.63) is 29.8 Å². The second kappa shape index (κ2) is 7.81. The van der Waals surface area contributed by atoms with Gasteiger partial charge >= 0.3 is 0 Å². The lowest BCUT2D eigenvalue weighted by atomic mass is 9.75. The minimum Gasteiger partial charge on any atom is -0.496 e. The lowest BCUT2D eigenvalue weighted by Crippen LogP contribution is -2.48. The number of likely N-dealkylation sites (N-methyl/N-ethyl adjacent to an activating group) is 1. The molecular formula is C18H30N2O. The van der Waals surface area contributed by atoms with Crippen LogP contribution in [0.5, 0.6) is 5.75 Å². The average Bonchev–Trinajstić information content (AvgIpc) is 2.48. The number of benzene rings is 1. The highest BCUT2D eigenvalue weighted by atomic mass is 16.5. The van der Waals surface area contributed by atoms with Crippen molar-refractivity contribution in [1.82, 2.24) is 10.2 Å². The molecule has 1 aliphatic rings. The first kappa shape index (κ1) is 16.3. The smallest absolute Gasteiger partial charge is 0.122 e. The van der Waals surface area contributed by atoms with Crippen molar-refractivity contribution >= 4 is 0 Å². The van der Waals surface area contributed by atoms with Gasteiger partial charge in [0.1, 0.15) is 5.75 Å². The fourth-order valence-electron chi connectivity index (χ4n) is 3.34. The first-order valence-electron chi connectivity index (χ1n) is 8.29. The van der Waals surface area contributed by atoms with Gasteiger partial charge in [-0.15, -0.1) is 0 Å². The van der Waals surface area contributed by atoms with E-state index in [1.807, 2.05) is 6.07 Å². The molecule has 1 aromatic rings. The first-order chi connectivity index (χ1) is 10.2. The summed E-state index contributed by atoms with van der Waals surface area (Å²) in [4.78, 5) is 2.48. The molecule has 1 fully saturated rings. The number of para-hydroxylation sites is 1. The van der Waals surface area contributed by atoms with E-state index in [1.165, 1.54) is 18.4 Å². The molecule has 1 unspecified atom stereocenters. The quantitative estimate of drug-likeness (QED) is 0.795. The molecule has 3 heteroatoms. The molecule has 3 nitrogen and oxygen atoms in total. The highest BCUT2D eigenvalue weighted by Crippen LogP contribution is 2.41. The molecule has 0 radical (unpaired) electrons. The van der Waals surface area contributed by atoms with Crippen molar-refractivity contribution in [2.45, 2.75) is 51.6 Å². The summed E-state index contributed by atoms with van der Waals surface area (Å²) in [5.74, 6) is 1.69. The minimum atomic E-state index is 0.563. The Kier molecular flexibility index (Phi) is 6.07. The summed E-state index contributed by atoms with van der Waals surface area (Å²) >= 11 is 0. The van der Waals surface area contributed by atoms with E-state index in [9.17, 15) is 0 Å². The van der Waals surface area contributed by atoms with E-state index in [1.54, 1.807) is 7.11 Å². The average molecular weight is 290 g/mol. The Balaban J connectivity index is 1.79. The van der Waals surface area contributed by atoms with E-state index in [4.69, 9.17) is 4.74 Å². The molecular weight excluding hydrogens is 260 g/mol. The van der Waals surface area contributed by atoms with Crippen molar-refractivity contribution in [3.8, 4) is 5.75 Å². The molecule has 0 heterocycles. The summed E-state index contributed by atoms with van der Waals surface area (Å²) in [5.41, 5.74) is 1.37. The molecule has 0 aliphatic heterocycles. The third-order valence-electron chi connectivity index (χ3n) is 4.66. The summed E-state index contributed by atoms with van der Waals surface area (Å²) in [6, 6.07) is 9.65. The van der Waals surface area contributed by atoms with Crippen molar-refractivity contribution < 1.29 is 4.74 Å². The SMILES string of the molecule is CCN(CC)CC(C)NC1CC(c2ccccc2OC)C1. The molecule has 118 valence electrons. The lowest BCUT2D eigenvalue weighted by Gasteiger charge is -2.39. The molecule has 1 atom stereocenters. The number of ether oxygens (including phenoxy) is 1. The number of nitrogens with one attached hydrogen (secondary N) is 1. The van der Waals surface area contributed by atoms with Crippen molar-refractivity contribution in [1.29, 1.82) is 0 Å². The van der Waals surface area contributed by atoms with E-state index in [0.29, 0.717) is 18.0 Å². The van der Waals surface area contributed by atoms with Crippen LogP contribution in [0.15, 0.2) is 24.3 Å². The third-order valence-corrected chi connectivity index (χ3v) is 4.66. The van der Waals surface area contributed by atoms with Gasteiger partial charge < -0.3 is 15.0 Å². The third kappa shape index (κ3) is 4.21. The van der Waals surface area contributed by atoms with Crippen LogP contribution in [0.25, 0.3) is 0 Å². The Bertz CT molecular complexity index is 425. The molecule has 0 aromatic heterocycles. The molecule has 2 rings (SSSR count). The highest BCUT2D eigenvalue weighted by molar-refractivity contribution is 5.37. The zero-order chi connectivity index (χ0) is 15.2. The number of rotatable bonds is 8. The molecule has 1 aromatic carbocycles. The van der Waals surface area contributed by atoms with Crippen LogP contribution in [0.3, 0.4) is 0 Å². The fourth-order valence-corrected chi connectivity index (χ4v) is 3.34. The largest absolute Gasteiger partial charge is 0.496 e. The van der Waals surface area contributed by atoms with Crippen molar-refractivity contribution in [2.75, 3.05) is 26.7 Å². The van der Waals surface area contributed by atoms with Crippen LogP contribution >= 0.6 is 0 Å². The van der Waals surface area contributed by atoms with E-state index in [-0.39, 0.29) is 0 Å². The Hall–Kier alpha value is -1.06. The normalized spacial score (nSPS) is 22.9. The summed E-state index contributed by atoms with van der Waals surface area (Å²) in [6.07, 6.45) is 2.45. The number of hydrogen-bond donors (Lipinski definition) is 1. The van der Waals surface area contributed by atoms with Crippen LogP contribution in [-0.4, -0.2) is 43.7 Å². The van der Waals surface area contributed by atoms with Crippen LogP contribution in [0.4, 0.5) is 0 Å². The predicted molar refractivity (Wildman–Crippen MR) is 89.1 cm³/mol. The molecule has 0 amide bonds. The number of hydrogen-bond acceptors (Lipinski definition) is 3. The van der Waals surface area contributed by atoms with Gasteiger partial charge in [0.2, 0.25) is 0 Å². The first-order valence-corrected chi connectivity index (χ1v) is 8.29. The van der Waals surface area contributed by atoms with Gasteiger partial charge in [-0.1, -0.05) is 32.0 Å². The molecule has 1 saturated carbocycles. The van der Waals surface area contributed by atoms with Crippen LogP contribution in [0.2, 0.25) is 0 Å². The molecule has 1 aliphatic carbocycles. The van der Waals surface area contributed by atoms with Gasteiger partial charge in [0.25, 0.3) is 0 Å². The zero-order valence-corrected chi connectivity index (χ0v) is 13.9. The van der Waals surface area contributed by atoms with Crippen LogP contribution in [0, 0.1) is 0 Å². The van der Waals surface area contributed by atoms with Crippen molar-refractivity contribution in [2.24, 2.45) is 0 Å². The topological polar surface area (TPSA) is 24.5 Å². The summed E-state index contributed by atoms with van der Waals surface area (Å²) in [7, 11) is 1.76. The zero-order valence-electron chi connectivity index (χ0n) is 13.9. The van der Waals surface area contributed by atoms with Gasteiger partial charge in [0.05, 0.1) is 7.11 Å². The number of methoxy groups -OCH3 is 1. The Labute approximate surface area is 129 Å². The van der Waals surface area contributed by atoms with Gasteiger partial charge in [0.15, 0.2) is 0 Å². The maximum Gasteiger partial charge on any atom is 0.122 e. The highest BCUT2D eigenvalue weighted by Gasteiger charge is 2.32. The van der Waals surface area contributed by atoms with Gasteiger partial charge in [-0.05, 0) is 50.4 Å². The molecule has 0 saturated heterocycles. The van der Waals surface area contributed by atoms with Crippen molar-refractivity contribution in [3.63, 3.8) is 0 Å². The summed E-state index contributed by atoms with van der Waals surface area (Å²) in [6.45, 7) is 10.2. The van der Waals surface area contributed by atoms with Crippen LogP contribution in [-0.2, 0) is 0 Å². The molecule has 21 heavy (non-hydrogen) atoms. The number of nitrogens with zero attached hydrogens (tertiary/aromatic N) is 1. The fraction of sp³-hybridized carbons (Fsp3) is 0.667. The molecule has 0 spiro atoms. The monoisotopic (exact) mass is 290 g/mol. The standard InChI is InChI=1S/C18H30N2O/c1-5-20(6-2)13-14(3)19-16-11-15(12-16)17-9-7-8-10-18(17)21-4/h7-10,14-16,19H,5-6,11-13H2,1-4H3. The summed E-state index contributed by atoms with van der Waals surface area (Å²) in [5, 5.41) is 3.77. The Morgan fingerprint density at radius 3 is 2.52 bits per heavy atom. The van der Waals surface area contributed by atoms with E-state index >= 15 is 0 Å².